The summed E-state index contributed by atoms with van der Waals surface area (Å²) in [6, 6.07) is 5.41. The van der Waals surface area contributed by atoms with Crippen LogP contribution in [0.1, 0.15) is 35.9 Å². The molecule has 0 amide bonds. The lowest BCUT2D eigenvalue weighted by Gasteiger charge is -2.11. The summed E-state index contributed by atoms with van der Waals surface area (Å²) in [4.78, 5) is 16.5. The first kappa shape index (κ1) is 16.2. The van der Waals surface area contributed by atoms with Gasteiger partial charge in [-0.25, -0.2) is 0 Å². The maximum absolute atomic E-state index is 12.3. The first-order chi connectivity index (χ1) is 11.6. The molecule has 24 heavy (non-hydrogen) atoms. The van der Waals surface area contributed by atoms with Crippen LogP contribution in [-0.2, 0) is 13.0 Å². The minimum Gasteiger partial charge on any atom is -0.361 e. The van der Waals surface area contributed by atoms with Crippen molar-refractivity contribution in [2.45, 2.75) is 40.2 Å². The Balaban J connectivity index is 2.01. The molecule has 0 spiro atoms. The fourth-order valence-corrected chi connectivity index (χ4v) is 2.99. The molecule has 0 unspecified atom stereocenters. The number of hydrogen-bond acceptors (Lipinski definition) is 4. The molecular weight excluding hydrogens is 302 g/mol. The highest BCUT2D eigenvalue weighted by Gasteiger charge is 2.13. The van der Waals surface area contributed by atoms with Gasteiger partial charge < -0.3 is 9.09 Å². The minimum atomic E-state index is -0.0234. The highest BCUT2D eigenvalue weighted by molar-refractivity contribution is 5.66. The van der Waals surface area contributed by atoms with Gasteiger partial charge in [0.05, 0.1) is 12.2 Å². The number of hydrogen-bond donors (Lipinski definition) is 0. The molecule has 0 fully saturated rings. The van der Waals surface area contributed by atoms with Crippen molar-refractivity contribution in [1.29, 1.82) is 0 Å². The van der Waals surface area contributed by atoms with Crippen molar-refractivity contribution in [2.75, 3.05) is 0 Å². The lowest BCUT2D eigenvalue weighted by molar-refractivity contribution is 0.393. The van der Waals surface area contributed by atoms with Crippen molar-refractivity contribution < 1.29 is 4.52 Å². The number of rotatable bonds is 5. The molecule has 0 bridgehead atoms. The quantitative estimate of drug-likeness (QED) is 0.721. The Bertz CT molecular complexity index is 889. The second kappa shape index (κ2) is 6.83. The van der Waals surface area contributed by atoms with E-state index >= 15 is 0 Å². The molecule has 0 atom stereocenters. The zero-order chi connectivity index (χ0) is 17.1. The molecule has 3 heterocycles. The monoisotopic (exact) mass is 323 g/mol. The third kappa shape index (κ3) is 3.15. The Labute approximate surface area is 141 Å². The fourth-order valence-electron chi connectivity index (χ4n) is 2.99. The van der Waals surface area contributed by atoms with Crippen LogP contribution in [0, 0.1) is 13.8 Å². The largest absolute Gasteiger partial charge is 0.361 e. The van der Waals surface area contributed by atoms with E-state index in [-0.39, 0.29) is 5.56 Å². The molecule has 5 heteroatoms. The van der Waals surface area contributed by atoms with Crippen molar-refractivity contribution in [3.8, 4) is 11.1 Å². The Morgan fingerprint density at radius 2 is 2.00 bits per heavy atom. The molecule has 0 radical (unpaired) electrons. The molecular formula is C19H21N3O2. The SMILES string of the molecule is CCCc1cnccc1Cn1cc(-c2c(C)noc2C)ccc1=O. The lowest BCUT2D eigenvalue weighted by Crippen LogP contribution is -2.20. The van der Waals surface area contributed by atoms with Gasteiger partial charge in [0.2, 0.25) is 0 Å². The average molecular weight is 323 g/mol. The normalized spacial score (nSPS) is 11.0. The van der Waals surface area contributed by atoms with E-state index < -0.39 is 0 Å². The first-order valence-corrected chi connectivity index (χ1v) is 8.15. The summed E-state index contributed by atoms with van der Waals surface area (Å²) < 4.78 is 6.98. The molecule has 0 N–H and O–H groups in total. The van der Waals surface area contributed by atoms with Gasteiger partial charge in [-0.05, 0) is 43.5 Å². The number of nitrogens with zero attached hydrogens (tertiary/aromatic N) is 3. The Morgan fingerprint density at radius 3 is 2.71 bits per heavy atom. The number of aryl methyl sites for hydroxylation is 3. The van der Waals surface area contributed by atoms with Crippen LogP contribution in [0.5, 0.6) is 0 Å². The van der Waals surface area contributed by atoms with Crippen LogP contribution >= 0.6 is 0 Å². The van der Waals surface area contributed by atoms with E-state index in [0.717, 1.165) is 41.0 Å². The van der Waals surface area contributed by atoms with Crippen LogP contribution in [0.25, 0.3) is 11.1 Å². The van der Waals surface area contributed by atoms with Gasteiger partial charge in [0.25, 0.3) is 5.56 Å². The predicted molar refractivity (Wildman–Crippen MR) is 93.0 cm³/mol. The van der Waals surface area contributed by atoms with Gasteiger partial charge in [0, 0.05) is 35.8 Å². The summed E-state index contributed by atoms with van der Waals surface area (Å²) in [6.45, 7) is 6.46. The zero-order valence-electron chi connectivity index (χ0n) is 14.2. The zero-order valence-corrected chi connectivity index (χ0v) is 14.2. The maximum atomic E-state index is 12.3. The van der Waals surface area contributed by atoms with E-state index in [2.05, 4.69) is 17.1 Å². The molecule has 3 rings (SSSR count). The molecule has 0 saturated carbocycles. The molecule has 0 saturated heterocycles. The van der Waals surface area contributed by atoms with E-state index in [9.17, 15) is 4.79 Å². The van der Waals surface area contributed by atoms with Crippen molar-refractivity contribution >= 4 is 0 Å². The van der Waals surface area contributed by atoms with Crippen LogP contribution in [-0.4, -0.2) is 14.7 Å². The number of pyridine rings is 2. The minimum absolute atomic E-state index is 0.0234. The third-order valence-corrected chi connectivity index (χ3v) is 4.17. The Hall–Kier alpha value is -2.69. The van der Waals surface area contributed by atoms with E-state index in [0.29, 0.717) is 6.54 Å². The van der Waals surface area contributed by atoms with Gasteiger partial charge in [-0.15, -0.1) is 0 Å². The average Bonchev–Trinajstić information content (AvgIpc) is 2.91. The molecule has 0 aromatic carbocycles. The molecule has 5 nitrogen and oxygen atoms in total. The van der Waals surface area contributed by atoms with Crippen LogP contribution in [0.15, 0.2) is 46.1 Å². The van der Waals surface area contributed by atoms with Crippen LogP contribution in [0.3, 0.4) is 0 Å². The van der Waals surface area contributed by atoms with Gasteiger partial charge in [-0.3, -0.25) is 9.78 Å². The smallest absolute Gasteiger partial charge is 0.250 e. The summed E-state index contributed by atoms with van der Waals surface area (Å²) in [7, 11) is 0. The second-order valence-electron chi connectivity index (χ2n) is 5.98. The van der Waals surface area contributed by atoms with Crippen molar-refractivity contribution in [3.63, 3.8) is 0 Å². The summed E-state index contributed by atoms with van der Waals surface area (Å²) in [5.74, 6) is 0.758. The van der Waals surface area contributed by atoms with Gasteiger partial charge >= 0.3 is 0 Å². The Kier molecular flexibility index (Phi) is 4.60. The fraction of sp³-hybridized carbons (Fsp3) is 0.316. The molecule has 0 aliphatic rings. The highest BCUT2D eigenvalue weighted by atomic mass is 16.5. The summed E-state index contributed by atoms with van der Waals surface area (Å²) >= 11 is 0. The van der Waals surface area contributed by atoms with Crippen molar-refractivity contribution in [3.05, 3.63) is 69.7 Å². The molecule has 0 aliphatic heterocycles. The van der Waals surface area contributed by atoms with Gasteiger partial charge in [0.1, 0.15) is 5.76 Å². The second-order valence-corrected chi connectivity index (χ2v) is 5.98. The maximum Gasteiger partial charge on any atom is 0.250 e. The molecule has 3 aromatic heterocycles. The van der Waals surface area contributed by atoms with Gasteiger partial charge in [-0.1, -0.05) is 18.5 Å². The van der Waals surface area contributed by atoms with Crippen LogP contribution < -0.4 is 5.56 Å². The molecule has 0 aliphatic carbocycles. The summed E-state index contributed by atoms with van der Waals surface area (Å²) in [5, 5.41) is 4.00. The van der Waals surface area contributed by atoms with E-state index in [4.69, 9.17) is 4.52 Å². The van der Waals surface area contributed by atoms with Gasteiger partial charge in [-0.2, -0.15) is 0 Å². The summed E-state index contributed by atoms with van der Waals surface area (Å²) in [6.07, 6.45) is 7.55. The van der Waals surface area contributed by atoms with Crippen LogP contribution in [0.2, 0.25) is 0 Å². The predicted octanol–water partition coefficient (Wildman–Crippen LogP) is 3.52. The van der Waals surface area contributed by atoms with E-state index in [1.54, 1.807) is 16.8 Å². The third-order valence-electron chi connectivity index (χ3n) is 4.17. The standard InChI is InChI=1S/C19H21N3O2/c1-4-5-15-10-20-9-8-16(15)11-22-12-17(6-7-18(22)23)19-13(2)21-24-14(19)3/h6-10,12H,4-5,11H2,1-3H3. The van der Waals surface area contributed by atoms with Gasteiger partial charge in [0.15, 0.2) is 0 Å². The number of aromatic nitrogens is 3. The molecule has 3 aromatic rings. The first-order valence-electron chi connectivity index (χ1n) is 8.15. The van der Waals surface area contributed by atoms with Crippen molar-refractivity contribution in [2.24, 2.45) is 0 Å². The summed E-state index contributed by atoms with van der Waals surface area (Å²) in [5.41, 5.74) is 5.02. The van der Waals surface area contributed by atoms with E-state index in [1.165, 1.54) is 5.56 Å². The lowest BCUT2D eigenvalue weighted by atomic mass is 10.0. The topological polar surface area (TPSA) is 60.9 Å². The van der Waals surface area contributed by atoms with Crippen molar-refractivity contribution in [1.82, 2.24) is 14.7 Å². The van der Waals surface area contributed by atoms with Crippen LogP contribution in [0.4, 0.5) is 0 Å². The highest BCUT2D eigenvalue weighted by Crippen LogP contribution is 2.26. The van der Waals surface area contributed by atoms with E-state index in [1.807, 2.05) is 38.4 Å². The molecule has 124 valence electrons. The Morgan fingerprint density at radius 1 is 1.17 bits per heavy atom.